The van der Waals surface area contributed by atoms with Gasteiger partial charge in [-0.2, -0.15) is 8.42 Å². The van der Waals surface area contributed by atoms with E-state index in [1.54, 1.807) is 18.2 Å². The first-order chi connectivity index (χ1) is 9.81. The largest absolute Gasteiger partial charge is 0.326 e. The molecular weight excluding hydrogens is 314 g/mol. The maximum Gasteiger partial charge on any atom is 0.326 e. The number of para-hydroxylation sites is 2. The number of benzene rings is 1. The fourth-order valence-corrected chi connectivity index (χ4v) is 4.87. The van der Waals surface area contributed by atoms with Crippen LogP contribution in [0.15, 0.2) is 24.3 Å². The molecule has 21 heavy (non-hydrogen) atoms. The van der Waals surface area contributed by atoms with E-state index in [0.29, 0.717) is 11.4 Å². The molecule has 0 bridgehead atoms. The number of rotatable bonds is 5. The molecule has 1 fully saturated rings. The van der Waals surface area contributed by atoms with Crippen LogP contribution >= 0.6 is 0 Å². The Hall–Kier alpha value is -1.32. The monoisotopic (exact) mass is 331 g/mol. The van der Waals surface area contributed by atoms with Gasteiger partial charge in [0.2, 0.25) is 10.0 Å². The van der Waals surface area contributed by atoms with Crippen molar-refractivity contribution in [3.63, 3.8) is 0 Å². The summed E-state index contributed by atoms with van der Waals surface area (Å²) in [5, 5.41) is 0. The maximum atomic E-state index is 12.7. The number of anilines is 2. The minimum absolute atomic E-state index is 0.0315. The van der Waals surface area contributed by atoms with Gasteiger partial charge in [0, 0.05) is 19.1 Å². The number of sulfonamides is 1. The van der Waals surface area contributed by atoms with E-state index in [1.165, 1.54) is 8.61 Å². The quantitative estimate of drug-likeness (QED) is 0.839. The third-order valence-corrected chi connectivity index (χ3v) is 6.13. The van der Waals surface area contributed by atoms with E-state index in [2.05, 4.69) is 4.72 Å². The molecule has 1 N–H and O–H groups in total. The number of hydrogen-bond acceptors (Lipinski definition) is 4. The molecule has 2 aliphatic rings. The van der Waals surface area contributed by atoms with E-state index in [4.69, 9.17) is 0 Å². The van der Waals surface area contributed by atoms with Gasteiger partial charge < -0.3 is 0 Å². The highest BCUT2D eigenvalue weighted by Gasteiger charge is 2.47. The lowest BCUT2D eigenvalue weighted by atomic mass is 10.2. The Kier molecular flexibility index (Phi) is 3.38. The van der Waals surface area contributed by atoms with Crippen LogP contribution in [-0.4, -0.2) is 42.2 Å². The first kappa shape index (κ1) is 14.6. The average Bonchev–Trinajstić information content (AvgIpc) is 3.15. The molecule has 0 unspecified atom stereocenters. The van der Waals surface area contributed by atoms with E-state index in [9.17, 15) is 16.8 Å². The van der Waals surface area contributed by atoms with Crippen molar-refractivity contribution in [3.8, 4) is 0 Å². The van der Waals surface area contributed by atoms with E-state index >= 15 is 0 Å². The first-order valence-electron chi connectivity index (χ1n) is 6.66. The Bertz CT molecular complexity index is 756. The molecule has 0 radical (unpaired) electrons. The number of hydrogen-bond donors (Lipinski definition) is 1. The summed E-state index contributed by atoms with van der Waals surface area (Å²) in [4.78, 5) is 0. The van der Waals surface area contributed by atoms with Crippen LogP contribution < -0.4 is 13.3 Å². The third kappa shape index (κ3) is 2.72. The Morgan fingerprint density at radius 1 is 1.24 bits per heavy atom. The van der Waals surface area contributed by atoms with Crippen LogP contribution in [-0.2, 0) is 20.2 Å². The van der Waals surface area contributed by atoms with E-state index < -0.39 is 20.2 Å². The van der Waals surface area contributed by atoms with Crippen LogP contribution in [0.1, 0.15) is 12.8 Å². The van der Waals surface area contributed by atoms with Gasteiger partial charge in [0.1, 0.15) is 0 Å². The molecular formula is C12H17N3O4S2. The molecule has 0 atom stereocenters. The number of fused-ring (bicyclic) bond motifs is 1. The molecule has 0 spiro atoms. The Morgan fingerprint density at radius 2 is 1.86 bits per heavy atom. The van der Waals surface area contributed by atoms with E-state index in [1.807, 2.05) is 6.07 Å². The van der Waals surface area contributed by atoms with Crippen molar-refractivity contribution in [2.45, 2.75) is 18.9 Å². The summed E-state index contributed by atoms with van der Waals surface area (Å²) in [7, 11) is -6.94. The molecule has 0 aromatic heterocycles. The molecule has 1 heterocycles. The molecule has 1 aromatic rings. The van der Waals surface area contributed by atoms with Crippen molar-refractivity contribution in [2.75, 3.05) is 28.0 Å². The van der Waals surface area contributed by atoms with Crippen LogP contribution in [0.3, 0.4) is 0 Å². The van der Waals surface area contributed by atoms with Gasteiger partial charge in [0.25, 0.3) is 0 Å². The fourth-order valence-electron chi connectivity index (χ4n) is 2.48. The lowest BCUT2D eigenvalue weighted by molar-refractivity contribution is 0.580. The van der Waals surface area contributed by atoms with E-state index in [0.717, 1.165) is 19.1 Å². The second kappa shape index (κ2) is 4.85. The van der Waals surface area contributed by atoms with Crippen molar-refractivity contribution in [3.05, 3.63) is 24.3 Å². The van der Waals surface area contributed by atoms with Gasteiger partial charge in [-0.15, -0.1) is 0 Å². The van der Waals surface area contributed by atoms with Gasteiger partial charge in [0.15, 0.2) is 0 Å². The first-order valence-corrected chi connectivity index (χ1v) is 9.95. The maximum absolute atomic E-state index is 12.7. The molecule has 9 heteroatoms. The number of nitrogens with zero attached hydrogens (tertiary/aromatic N) is 2. The van der Waals surface area contributed by atoms with Crippen molar-refractivity contribution < 1.29 is 16.8 Å². The lowest BCUT2D eigenvalue weighted by Crippen LogP contribution is -2.42. The lowest BCUT2D eigenvalue weighted by Gasteiger charge is -2.21. The van der Waals surface area contributed by atoms with Crippen LogP contribution in [0, 0.1) is 0 Å². The summed E-state index contributed by atoms with van der Waals surface area (Å²) in [5.74, 6) is 0. The Morgan fingerprint density at radius 3 is 2.43 bits per heavy atom. The molecule has 1 aromatic carbocycles. The zero-order valence-corrected chi connectivity index (χ0v) is 13.2. The Balaban J connectivity index is 1.89. The second-order valence-corrected chi connectivity index (χ2v) is 8.82. The minimum Gasteiger partial charge on any atom is -0.250 e. The van der Waals surface area contributed by atoms with Gasteiger partial charge >= 0.3 is 10.2 Å². The van der Waals surface area contributed by atoms with Gasteiger partial charge in [0.05, 0.1) is 17.6 Å². The fraction of sp³-hybridized carbons (Fsp3) is 0.500. The summed E-state index contributed by atoms with van der Waals surface area (Å²) >= 11 is 0. The molecule has 3 rings (SSSR count). The highest BCUT2D eigenvalue weighted by Crippen LogP contribution is 2.46. The van der Waals surface area contributed by atoms with Crippen molar-refractivity contribution in [2.24, 2.45) is 0 Å². The number of nitrogens with one attached hydrogen (secondary N) is 1. The van der Waals surface area contributed by atoms with Crippen molar-refractivity contribution >= 4 is 31.6 Å². The molecule has 0 saturated heterocycles. The molecule has 0 amide bonds. The molecule has 7 nitrogen and oxygen atoms in total. The van der Waals surface area contributed by atoms with Crippen molar-refractivity contribution in [1.29, 1.82) is 0 Å². The van der Waals surface area contributed by atoms with Crippen LogP contribution in [0.25, 0.3) is 0 Å². The predicted octanol–water partition coefficient (Wildman–Crippen LogP) is 0.269. The second-order valence-electron chi connectivity index (χ2n) is 5.26. The highest BCUT2D eigenvalue weighted by atomic mass is 32.2. The summed E-state index contributed by atoms with van der Waals surface area (Å²) in [6, 6.07) is 7.15. The summed E-state index contributed by atoms with van der Waals surface area (Å²) in [5.41, 5.74) is 1.29. The summed E-state index contributed by atoms with van der Waals surface area (Å²) in [6.45, 7) is 0.126. The topological polar surface area (TPSA) is 86.8 Å². The summed E-state index contributed by atoms with van der Waals surface area (Å²) < 4.78 is 52.6. The van der Waals surface area contributed by atoms with Gasteiger partial charge in [-0.3, -0.25) is 0 Å². The molecule has 1 aliphatic heterocycles. The molecule has 1 saturated carbocycles. The third-order valence-electron chi connectivity index (χ3n) is 3.47. The van der Waals surface area contributed by atoms with Crippen LogP contribution in [0.5, 0.6) is 0 Å². The molecule has 1 aliphatic carbocycles. The van der Waals surface area contributed by atoms with Gasteiger partial charge in [-0.1, -0.05) is 12.1 Å². The standard InChI is InChI=1S/C12H17N3O4S2/c1-20(16,17)13-8-9-14-11-4-2-3-5-12(11)15(10-6-7-10)21(14,18)19/h2-5,10,13H,6-9H2,1H3. The smallest absolute Gasteiger partial charge is 0.250 e. The van der Waals surface area contributed by atoms with E-state index in [-0.39, 0.29) is 19.1 Å². The highest BCUT2D eigenvalue weighted by molar-refractivity contribution is 7.94. The predicted molar refractivity (Wildman–Crippen MR) is 81.1 cm³/mol. The average molecular weight is 331 g/mol. The normalized spacial score (nSPS) is 20.6. The zero-order chi connectivity index (χ0) is 15.3. The van der Waals surface area contributed by atoms with Crippen LogP contribution in [0.4, 0.5) is 11.4 Å². The molecule has 116 valence electrons. The van der Waals surface area contributed by atoms with Crippen molar-refractivity contribution in [1.82, 2.24) is 4.72 Å². The summed E-state index contributed by atoms with van der Waals surface area (Å²) in [6.07, 6.45) is 2.78. The Labute approximate surface area is 124 Å². The zero-order valence-electron chi connectivity index (χ0n) is 11.6. The van der Waals surface area contributed by atoms with Gasteiger partial charge in [-0.25, -0.2) is 21.8 Å². The van der Waals surface area contributed by atoms with Crippen LogP contribution in [0.2, 0.25) is 0 Å². The van der Waals surface area contributed by atoms with Gasteiger partial charge in [-0.05, 0) is 25.0 Å². The SMILES string of the molecule is CS(=O)(=O)NCCN1c2ccccc2N(C2CC2)S1(=O)=O. The minimum atomic E-state index is -3.61.